The van der Waals surface area contributed by atoms with E-state index < -0.39 is 12.0 Å². The van der Waals surface area contributed by atoms with Crippen LogP contribution in [0.5, 0.6) is 23.1 Å². The first kappa shape index (κ1) is 23.5. The fourth-order valence-corrected chi connectivity index (χ4v) is 6.10. The molecule has 37 heavy (non-hydrogen) atoms. The Kier molecular flexibility index (Phi) is 5.67. The molecule has 11 nitrogen and oxygen atoms in total. The zero-order chi connectivity index (χ0) is 25.8. The molecule has 2 aromatic rings. The number of pyridine rings is 1. The molecule has 2 amide bonds. The van der Waals surface area contributed by atoms with Gasteiger partial charge >= 0.3 is 0 Å². The molecule has 2 unspecified atom stereocenters. The van der Waals surface area contributed by atoms with E-state index in [0.717, 1.165) is 19.4 Å². The largest absolute Gasteiger partial charge is 0.493 e. The number of likely N-dealkylation sites (tertiary alicyclic amines) is 1. The number of Topliss-reactive ketones (excluding diaryl/α,β-unsaturated/α-hetero) is 1. The zero-order valence-corrected chi connectivity index (χ0v) is 20.7. The van der Waals surface area contributed by atoms with Gasteiger partial charge in [0.05, 0.1) is 37.9 Å². The number of hydrogen-bond donors (Lipinski definition) is 1. The van der Waals surface area contributed by atoms with E-state index in [-0.39, 0.29) is 30.4 Å². The van der Waals surface area contributed by atoms with Gasteiger partial charge in [-0.15, -0.1) is 0 Å². The first-order valence-corrected chi connectivity index (χ1v) is 12.4. The summed E-state index contributed by atoms with van der Waals surface area (Å²) in [6.07, 6.45) is 2.26. The topological polar surface area (TPSA) is 134 Å². The third kappa shape index (κ3) is 3.59. The standard InChI is InChI=1S/C26H28N4O7/c1-34-17-9-13-14(10-18(17)35-2)26(33)30(8-4-7-29-6-3-5-16(29)24(27)32)22-20(13)23(31)15-11-19-25(28-21(15)22)37-12-36-19/h9-11,16,20,22H,3-8,12H2,1-2H3,(H2,27,32)/t16-,20?,22?/m0/s1. The number of amides is 2. The second-order valence-electron chi connectivity index (χ2n) is 9.66. The molecule has 0 saturated carbocycles. The number of rotatable bonds is 7. The molecule has 0 radical (unpaired) electrons. The number of carbonyl (C=O) groups is 3. The molecule has 3 aliphatic heterocycles. The van der Waals surface area contributed by atoms with Crippen molar-refractivity contribution >= 4 is 17.6 Å². The van der Waals surface area contributed by atoms with E-state index in [1.807, 2.05) is 0 Å². The van der Waals surface area contributed by atoms with Gasteiger partial charge in [0.25, 0.3) is 11.8 Å². The van der Waals surface area contributed by atoms with Gasteiger partial charge in [0.2, 0.25) is 12.7 Å². The molecule has 4 aliphatic rings. The average molecular weight is 509 g/mol. The lowest BCUT2D eigenvalue weighted by Crippen LogP contribution is -2.45. The van der Waals surface area contributed by atoms with Crippen molar-refractivity contribution in [3.63, 3.8) is 0 Å². The summed E-state index contributed by atoms with van der Waals surface area (Å²) in [5.41, 5.74) is 7.49. The highest BCUT2D eigenvalue weighted by atomic mass is 16.7. The van der Waals surface area contributed by atoms with Gasteiger partial charge < -0.3 is 29.6 Å². The number of fused-ring (bicyclic) bond motifs is 6. The number of nitrogens with two attached hydrogens (primary N) is 1. The fraction of sp³-hybridized carbons (Fsp3) is 0.462. The number of benzene rings is 1. The van der Waals surface area contributed by atoms with Crippen LogP contribution in [0.3, 0.4) is 0 Å². The quantitative estimate of drug-likeness (QED) is 0.592. The maximum atomic E-state index is 13.9. The van der Waals surface area contributed by atoms with Crippen molar-refractivity contribution in [2.24, 2.45) is 5.73 Å². The van der Waals surface area contributed by atoms with Crippen LogP contribution in [-0.4, -0.2) is 79.1 Å². The van der Waals surface area contributed by atoms with Crippen LogP contribution in [0.15, 0.2) is 18.2 Å². The van der Waals surface area contributed by atoms with E-state index in [1.165, 1.54) is 14.2 Å². The Morgan fingerprint density at radius 1 is 1.11 bits per heavy atom. The number of methoxy groups -OCH3 is 2. The number of ketones is 1. The van der Waals surface area contributed by atoms with Crippen LogP contribution in [0, 0.1) is 0 Å². The Balaban J connectivity index is 1.39. The van der Waals surface area contributed by atoms with E-state index in [4.69, 9.17) is 24.7 Å². The highest BCUT2D eigenvalue weighted by Crippen LogP contribution is 2.53. The minimum absolute atomic E-state index is 0.0346. The summed E-state index contributed by atoms with van der Waals surface area (Å²) in [4.78, 5) is 48.0. The van der Waals surface area contributed by atoms with Crippen molar-refractivity contribution in [1.29, 1.82) is 0 Å². The van der Waals surface area contributed by atoms with Crippen molar-refractivity contribution in [3.05, 3.63) is 40.6 Å². The monoisotopic (exact) mass is 508 g/mol. The molecular weight excluding hydrogens is 480 g/mol. The number of nitrogens with zero attached hydrogens (tertiary/aromatic N) is 3. The first-order chi connectivity index (χ1) is 17.9. The Hall–Kier alpha value is -3.86. The van der Waals surface area contributed by atoms with Crippen LogP contribution < -0.4 is 24.7 Å². The van der Waals surface area contributed by atoms with Gasteiger partial charge in [-0.2, -0.15) is 0 Å². The lowest BCUT2D eigenvalue weighted by atomic mass is 9.83. The second kappa shape index (κ2) is 8.91. The molecule has 1 aliphatic carbocycles. The van der Waals surface area contributed by atoms with Crippen LogP contribution in [0.25, 0.3) is 0 Å². The highest BCUT2D eigenvalue weighted by Gasteiger charge is 2.52. The van der Waals surface area contributed by atoms with Crippen molar-refractivity contribution in [1.82, 2.24) is 14.8 Å². The van der Waals surface area contributed by atoms with Gasteiger partial charge in [0.15, 0.2) is 23.0 Å². The first-order valence-electron chi connectivity index (χ1n) is 12.4. The second-order valence-corrected chi connectivity index (χ2v) is 9.66. The minimum atomic E-state index is -0.650. The minimum Gasteiger partial charge on any atom is -0.493 e. The van der Waals surface area contributed by atoms with Gasteiger partial charge in [0, 0.05) is 24.2 Å². The summed E-state index contributed by atoms with van der Waals surface area (Å²) >= 11 is 0. The Morgan fingerprint density at radius 2 is 1.89 bits per heavy atom. The predicted octanol–water partition coefficient (Wildman–Crippen LogP) is 1.64. The number of ether oxygens (including phenoxy) is 4. The molecular formula is C26H28N4O7. The molecule has 2 N–H and O–H groups in total. The third-order valence-corrected chi connectivity index (χ3v) is 7.79. The lowest BCUT2D eigenvalue weighted by Gasteiger charge is -2.38. The summed E-state index contributed by atoms with van der Waals surface area (Å²) in [7, 11) is 3.02. The zero-order valence-electron chi connectivity index (χ0n) is 20.7. The molecule has 1 saturated heterocycles. The molecule has 0 spiro atoms. The normalized spacial score (nSPS) is 23.6. The molecule has 1 fully saturated rings. The van der Waals surface area contributed by atoms with E-state index in [2.05, 4.69) is 9.88 Å². The SMILES string of the molecule is COc1cc2c(cc1OC)C1C(=O)c3cc4c(nc3C1N(CCCN1CCC[C@H]1C(N)=O)C2=O)OCO4. The number of hydrogen-bond acceptors (Lipinski definition) is 9. The van der Waals surface area contributed by atoms with Gasteiger partial charge in [-0.25, -0.2) is 4.98 Å². The lowest BCUT2D eigenvalue weighted by molar-refractivity contribution is -0.122. The van der Waals surface area contributed by atoms with E-state index in [0.29, 0.717) is 65.0 Å². The summed E-state index contributed by atoms with van der Waals surface area (Å²) in [5.74, 6) is 0.270. The van der Waals surface area contributed by atoms with Crippen molar-refractivity contribution in [2.45, 2.75) is 37.3 Å². The predicted molar refractivity (Wildman–Crippen MR) is 129 cm³/mol. The van der Waals surface area contributed by atoms with Crippen molar-refractivity contribution in [3.8, 4) is 23.1 Å². The van der Waals surface area contributed by atoms with Crippen LogP contribution in [-0.2, 0) is 4.79 Å². The van der Waals surface area contributed by atoms with Crippen molar-refractivity contribution in [2.75, 3.05) is 40.6 Å². The Morgan fingerprint density at radius 3 is 2.65 bits per heavy atom. The summed E-state index contributed by atoms with van der Waals surface area (Å²) in [6, 6.07) is 4.14. The molecule has 1 aromatic carbocycles. The summed E-state index contributed by atoms with van der Waals surface area (Å²) in [6.45, 7) is 1.81. The van der Waals surface area contributed by atoms with E-state index in [1.54, 1.807) is 23.1 Å². The maximum absolute atomic E-state index is 13.9. The van der Waals surface area contributed by atoms with Gasteiger partial charge in [-0.3, -0.25) is 19.3 Å². The third-order valence-electron chi connectivity index (χ3n) is 7.79. The molecule has 11 heteroatoms. The molecule has 6 rings (SSSR count). The molecule has 4 heterocycles. The Labute approximate surface area is 213 Å². The Bertz CT molecular complexity index is 1310. The smallest absolute Gasteiger partial charge is 0.260 e. The van der Waals surface area contributed by atoms with E-state index in [9.17, 15) is 14.4 Å². The van der Waals surface area contributed by atoms with Crippen LogP contribution >= 0.6 is 0 Å². The molecule has 3 atom stereocenters. The van der Waals surface area contributed by atoms with Gasteiger partial charge in [0.1, 0.15) is 0 Å². The van der Waals surface area contributed by atoms with Gasteiger partial charge in [-0.05, 0) is 49.6 Å². The fourth-order valence-electron chi connectivity index (χ4n) is 6.10. The van der Waals surface area contributed by atoms with Gasteiger partial charge in [-0.1, -0.05) is 0 Å². The molecule has 0 bridgehead atoms. The highest BCUT2D eigenvalue weighted by molar-refractivity contribution is 6.11. The molecule has 1 aromatic heterocycles. The number of aromatic nitrogens is 1. The maximum Gasteiger partial charge on any atom is 0.260 e. The summed E-state index contributed by atoms with van der Waals surface area (Å²) < 4.78 is 21.9. The average Bonchev–Trinajstić information content (AvgIpc) is 3.62. The van der Waals surface area contributed by atoms with Crippen molar-refractivity contribution < 1.29 is 33.3 Å². The van der Waals surface area contributed by atoms with Crippen LogP contribution in [0.2, 0.25) is 0 Å². The summed E-state index contributed by atoms with van der Waals surface area (Å²) in [5, 5.41) is 0. The molecule has 194 valence electrons. The number of carbonyl (C=O) groups excluding carboxylic acids is 3. The number of primary amides is 1. The van der Waals surface area contributed by atoms with Crippen LogP contribution in [0.1, 0.15) is 63.2 Å². The van der Waals surface area contributed by atoms with E-state index >= 15 is 0 Å². The van der Waals surface area contributed by atoms with Crippen LogP contribution in [0.4, 0.5) is 0 Å².